The van der Waals surface area contributed by atoms with Crippen LogP contribution in [0.25, 0.3) is 10.9 Å². The van der Waals surface area contributed by atoms with Crippen molar-refractivity contribution >= 4 is 10.9 Å². The number of tetrazole rings is 1. The van der Waals surface area contributed by atoms with Gasteiger partial charge in [0, 0.05) is 10.9 Å². The molecule has 31 heavy (non-hydrogen) atoms. The normalized spacial score (nSPS) is 16.1. The smallest absolute Gasteiger partial charge is 0.257 e. The molecule has 2 aromatic heterocycles. The van der Waals surface area contributed by atoms with E-state index in [2.05, 4.69) is 41.3 Å². The topological polar surface area (TPSA) is 90.1 Å². The van der Waals surface area contributed by atoms with Crippen LogP contribution in [-0.4, -0.2) is 38.3 Å². The molecule has 1 atom stereocenters. The molecule has 0 aliphatic heterocycles. The molecule has 1 aromatic carbocycles. The fourth-order valence-electron chi connectivity index (χ4n) is 4.56. The van der Waals surface area contributed by atoms with E-state index in [1.54, 1.807) is 7.11 Å². The minimum absolute atomic E-state index is 0.0263. The number of fused-ring (bicyclic) bond motifs is 1. The van der Waals surface area contributed by atoms with Gasteiger partial charge in [0.05, 0.1) is 24.3 Å². The first-order valence-electron chi connectivity index (χ1n) is 11.2. The number of nitrogens with zero attached hydrogens (tertiary/aromatic N) is 4. The fraction of sp³-hybridized carbons (Fsp3) is 0.565. The van der Waals surface area contributed by atoms with Gasteiger partial charge in [-0.3, -0.25) is 4.79 Å². The number of hydrogen-bond donors (Lipinski definition) is 2. The Morgan fingerprint density at radius 2 is 2.00 bits per heavy atom. The van der Waals surface area contributed by atoms with E-state index in [1.165, 1.54) is 30.6 Å². The first kappa shape index (κ1) is 21.5. The number of aromatic amines is 1. The number of aromatic nitrogens is 5. The summed E-state index contributed by atoms with van der Waals surface area (Å²) >= 11 is 0. The SMILES string of the molecule is CCC(C)(C)n1nnnc1C[NH+](Cc1cc2cc(OC)ccc2[nH]c1=O)C1CCCC1. The number of hydrogen-bond acceptors (Lipinski definition) is 5. The van der Waals surface area contributed by atoms with Crippen molar-refractivity contribution in [2.45, 2.75) is 77.5 Å². The van der Waals surface area contributed by atoms with Crippen LogP contribution in [0.15, 0.2) is 29.1 Å². The molecule has 3 aromatic rings. The molecule has 4 rings (SSSR count). The second-order valence-corrected chi connectivity index (χ2v) is 9.24. The number of rotatable bonds is 8. The van der Waals surface area contributed by atoms with Gasteiger partial charge in [-0.1, -0.05) is 6.92 Å². The first-order valence-corrected chi connectivity index (χ1v) is 11.2. The van der Waals surface area contributed by atoms with E-state index in [1.807, 2.05) is 28.9 Å². The van der Waals surface area contributed by atoms with Crippen molar-refractivity contribution in [1.29, 1.82) is 0 Å². The summed E-state index contributed by atoms with van der Waals surface area (Å²) in [6, 6.07) is 8.24. The Kier molecular flexibility index (Phi) is 6.09. The highest BCUT2D eigenvalue weighted by molar-refractivity contribution is 5.80. The van der Waals surface area contributed by atoms with Crippen molar-refractivity contribution in [3.05, 3.63) is 46.0 Å². The lowest BCUT2D eigenvalue weighted by molar-refractivity contribution is -0.952. The second kappa shape index (κ2) is 8.78. The largest absolute Gasteiger partial charge is 0.497 e. The van der Waals surface area contributed by atoms with Gasteiger partial charge in [-0.2, -0.15) is 0 Å². The van der Waals surface area contributed by atoms with Crippen LogP contribution in [-0.2, 0) is 18.6 Å². The van der Waals surface area contributed by atoms with Gasteiger partial charge >= 0.3 is 0 Å². The van der Waals surface area contributed by atoms with Gasteiger partial charge in [-0.25, -0.2) is 4.68 Å². The van der Waals surface area contributed by atoms with Crippen LogP contribution < -0.4 is 15.2 Å². The van der Waals surface area contributed by atoms with Crippen LogP contribution in [0.3, 0.4) is 0 Å². The number of benzene rings is 1. The Balaban J connectivity index is 1.66. The highest BCUT2D eigenvalue weighted by Gasteiger charge is 2.31. The molecule has 0 spiro atoms. The highest BCUT2D eigenvalue weighted by atomic mass is 16.5. The van der Waals surface area contributed by atoms with E-state index >= 15 is 0 Å². The molecule has 8 nitrogen and oxygen atoms in total. The summed E-state index contributed by atoms with van der Waals surface area (Å²) < 4.78 is 7.31. The molecule has 1 aliphatic carbocycles. The van der Waals surface area contributed by atoms with Crippen LogP contribution in [0.4, 0.5) is 0 Å². The lowest BCUT2D eigenvalue weighted by atomic mass is 10.0. The number of methoxy groups -OCH3 is 1. The molecule has 1 fully saturated rings. The molecular weight excluding hydrogens is 392 g/mol. The quantitative estimate of drug-likeness (QED) is 0.577. The Bertz CT molecular complexity index is 1100. The Morgan fingerprint density at radius 1 is 1.23 bits per heavy atom. The lowest BCUT2D eigenvalue weighted by Crippen LogP contribution is -3.13. The van der Waals surface area contributed by atoms with Crippen molar-refractivity contribution in [3.63, 3.8) is 0 Å². The minimum Gasteiger partial charge on any atom is -0.497 e. The number of H-pyrrole nitrogens is 1. The third kappa shape index (κ3) is 4.49. The zero-order valence-corrected chi connectivity index (χ0v) is 18.9. The predicted octanol–water partition coefficient (Wildman–Crippen LogP) is 2.20. The summed E-state index contributed by atoms with van der Waals surface area (Å²) in [7, 11) is 1.65. The van der Waals surface area contributed by atoms with Gasteiger partial charge in [-0.15, -0.1) is 5.10 Å². The van der Waals surface area contributed by atoms with E-state index in [0.717, 1.165) is 34.5 Å². The molecule has 0 bridgehead atoms. The average molecular weight is 426 g/mol. The molecule has 0 radical (unpaired) electrons. The molecule has 2 heterocycles. The summed E-state index contributed by atoms with van der Waals surface area (Å²) in [4.78, 5) is 17.3. The predicted molar refractivity (Wildman–Crippen MR) is 119 cm³/mol. The van der Waals surface area contributed by atoms with Crippen molar-refractivity contribution in [3.8, 4) is 5.75 Å². The summed E-state index contributed by atoms with van der Waals surface area (Å²) in [6.07, 6.45) is 5.77. The summed E-state index contributed by atoms with van der Waals surface area (Å²) in [5.41, 5.74) is 1.44. The summed E-state index contributed by atoms with van der Waals surface area (Å²) in [5, 5.41) is 13.6. The van der Waals surface area contributed by atoms with E-state index in [0.29, 0.717) is 19.1 Å². The van der Waals surface area contributed by atoms with Gasteiger partial charge in [-0.05, 0) is 80.6 Å². The van der Waals surface area contributed by atoms with Crippen LogP contribution in [0.5, 0.6) is 5.75 Å². The number of nitrogens with one attached hydrogen (secondary N) is 2. The monoisotopic (exact) mass is 425 g/mol. The maximum Gasteiger partial charge on any atom is 0.257 e. The highest BCUT2D eigenvalue weighted by Crippen LogP contribution is 2.21. The summed E-state index contributed by atoms with van der Waals surface area (Å²) in [5.74, 6) is 1.67. The van der Waals surface area contributed by atoms with Gasteiger partial charge in [0.15, 0.2) is 0 Å². The van der Waals surface area contributed by atoms with E-state index in [9.17, 15) is 4.79 Å². The standard InChI is InChI=1S/C23H32N6O2/c1-5-23(2,3)29-21(25-26-27-29)15-28(18-8-6-7-9-18)14-17-12-16-13-19(31-4)10-11-20(16)24-22(17)30/h10-13,18H,5-9,14-15H2,1-4H3,(H,24,30)/p+1. The molecule has 1 aliphatic rings. The molecule has 1 unspecified atom stereocenters. The van der Waals surface area contributed by atoms with Crippen molar-refractivity contribution in [2.75, 3.05) is 7.11 Å². The first-order chi connectivity index (χ1) is 14.9. The van der Waals surface area contributed by atoms with Gasteiger partial charge in [0.2, 0.25) is 5.82 Å². The van der Waals surface area contributed by atoms with Crippen molar-refractivity contribution in [1.82, 2.24) is 25.2 Å². The maximum absolute atomic E-state index is 12.9. The van der Waals surface area contributed by atoms with Crippen molar-refractivity contribution in [2.24, 2.45) is 0 Å². The summed E-state index contributed by atoms with van der Waals surface area (Å²) in [6.45, 7) is 7.81. The average Bonchev–Trinajstić information content (AvgIpc) is 3.46. The number of ether oxygens (including phenoxy) is 1. The third-order valence-corrected chi connectivity index (χ3v) is 6.84. The fourth-order valence-corrected chi connectivity index (χ4v) is 4.56. The molecule has 0 saturated heterocycles. The number of pyridine rings is 1. The van der Waals surface area contributed by atoms with E-state index in [4.69, 9.17) is 4.74 Å². The van der Waals surface area contributed by atoms with Crippen LogP contribution in [0.1, 0.15) is 64.3 Å². The Morgan fingerprint density at radius 3 is 2.71 bits per heavy atom. The molecule has 1 saturated carbocycles. The zero-order valence-electron chi connectivity index (χ0n) is 18.9. The Labute approximate surface area is 182 Å². The molecular formula is C23H33N6O2+. The molecule has 2 N–H and O–H groups in total. The van der Waals surface area contributed by atoms with Crippen LogP contribution in [0, 0.1) is 0 Å². The Hall–Kier alpha value is -2.74. The zero-order chi connectivity index (χ0) is 22.0. The molecule has 8 heteroatoms. The van der Waals surface area contributed by atoms with E-state index < -0.39 is 0 Å². The molecule has 166 valence electrons. The second-order valence-electron chi connectivity index (χ2n) is 9.24. The van der Waals surface area contributed by atoms with Gasteiger partial charge < -0.3 is 14.6 Å². The number of quaternary nitrogens is 1. The maximum atomic E-state index is 12.9. The third-order valence-electron chi connectivity index (χ3n) is 6.84. The molecule has 0 amide bonds. The van der Waals surface area contributed by atoms with Gasteiger partial charge in [0.1, 0.15) is 18.8 Å². The minimum atomic E-state index is -0.142. The lowest BCUT2D eigenvalue weighted by Gasteiger charge is -2.28. The van der Waals surface area contributed by atoms with Crippen molar-refractivity contribution < 1.29 is 9.64 Å². The van der Waals surface area contributed by atoms with Crippen LogP contribution in [0.2, 0.25) is 0 Å². The van der Waals surface area contributed by atoms with E-state index in [-0.39, 0.29) is 11.1 Å². The van der Waals surface area contributed by atoms with Crippen LogP contribution >= 0.6 is 0 Å². The van der Waals surface area contributed by atoms with Gasteiger partial charge in [0.25, 0.3) is 5.56 Å².